The Morgan fingerprint density at radius 3 is 2.40 bits per heavy atom. The zero-order valence-corrected chi connectivity index (χ0v) is 12.2. The van der Waals surface area contributed by atoms with Crippen LogP contribution in [-0.2, 0) is 0 Å². The van der Waals surface area contributed by atoms with Crippen LogP contribution >= 0.6 is 11.3 Å². The summed E-state index contributed by atoms with van der Waals surface area (Å²) in [5, 5.41) is 1.96. The second-order valence-corrected chi connectivity index (χ2v) is 5.95. The number of Topliss-reactive ketones (excluding diaryl/α,β-unsaturated/α-hetero) is 1. The number of thiophene rings is 1. The number of piperazine rings is 1. The maximum Gasteiger partial charge on any atom is 0.186 e. The molecule has 0 unspecified atom stereocenters. The van der Waals surface area contributed by atoms with E-state index in [0.29, 0.717) is 6.54 Å². The average molecular weight is 286 g/mol. The molecule has 4 heteroatoms. The zero-order valence-electron chi connectivity index (χ0n) is 11.4. The van der Waals surface area contributed by atoms with Gasteiger partial charge in [-0.05, 0) is 23.6 Å². The highest BCUT2D eigenvalue weighted by Gasteiger charge is 2.19. The Labute approximate surface area is 123 Å². The lowest BCUT2D eigenvalue weighted by Gasteiger charge is -2.35. The van der Waals surface area contributed by atoms with Crippen molar-refractivity contribution >= 4 is 22.8 Å². The number of anilines is 1. The molecule has 0 N–H and O–H groups in total. The van der Waals surface area contributed by atoms with E-state index in [4.69, 9.17) is 0 Å². The van der Waals surface area contributed by atoms with Gasteiger partial charge in [-0.25, -0.2) is 0 Å². The fourth-order valence-corrected chi connectivity index (χ4v) is 3.18. The Bertz CT molecular complexity index is 545. The average Bonchev–Trinajstić information content (AvgIpc) is 3.03. The number of para-hydroxylation sites is 1. The maximum absolute atomic E-state index is 12.1. The Hall–Kier alpha value is -1.65. The van der Waals surface area contributed by atoms with Crippen LogP contribution in [0.5, 0.6) is 0 Å². The van der Waals surface area contributed by atoms with Gasteiger partial charge in [0.05, 0.1) is 11.4 Å². The van der Waals surface area contributed by atoms with Gasteiger partial charge in [0.15, 0.2) is 5.78 Å². The van der Waals surface area contributed by atoms with Crippen LogP contribution in [0.1, 0.15) is 9.67 Å². The highest BCUT2D eigenvalue weighted by Crippen LogP contribution is 2.16. The molecule has 1 aliphatic rings. The first-order valence-electron chi connectivity index (χ1n) is 6.92. The predicted octanol–water partition coefficient (Wildman–Crippen LogP) is 2.75. The van der Waals surface area contributed by atoms with Crippen molar-refractivity contribution in [3.05, 3.63) is 52.7 Å². The zero-order chi connectivity index (χ0) is 13.8. The van der Waals surface area contributed by atoms with Crippen LogP contribution in [0.4, 0.5) is 5.69 Å². The van der Waals surface area contributed by atoms with Gasteiger partial charge in [-0.15, -0.1) is 11.3 Å². The number of carbonyl (C=O) groups excluding carboxylic acids is 1. The Morgan fingerprint density at radius 2 is 1.75 bits per heavy atom. The van der Waals surface area contributed by atoms with Crippen LogP contribution in [-0.4, -0.2) is 43.4 Å². The van der Waals surface area contributed by atoms with Gasteiger partial charge in [-0.2, -0.15) is 0 Å². The van der Waals surface area contributed by atoms with Crippen molar-refractivity contribution in [1.82, 2.24) is 4.90 Å². The summed E-state index contributed by atoms with van der Waals surface area (Å²) in [7, 11) is 0. The second-order valence-electron chi connectivity index (χ2n) is 5.00. The Morgan fingerprint density at radius 1 is 1.00 bits per heavy atom. The number of hydrogen-bond acceptors (Lipinski definition) is 4. The van der Waals surface area contributed by atoms with E-state index in [-0.39, 0.29) is 5.78 Å². The molecule has 1 aromatic carbocycles. The quantitative estimate of drug-likeness (QED) is 0.808. The summed E-state index contributed by atoms with van der Waals surface area (Å²) < 4.78 is 0. The molecule has 0 atom stereocenters. The Kier molecular flexibility index (Phi) is 4.14. The van der Waals surface area contributed by atoms with E-state index in [1.165, 1.54) is 17.0 Å². The molecule has 0 aliphatic carbocycles. The van der Waals surface area contributed by atoms with E-state index < -0.39 is 0 Å². The second kappa shape index (κ2) is 6.20. The van der Waals surface area contributed by atoms with E-state index in [0.717, 1.165) is 31.1 Å². The monoisotopic (exact) mass is 286 g/mol. The normalized spacial score (nSPS) is 16.3. The predicted molar refractivity (Wildman–Crippen MR) is 83.7 cm³/mol. The summed E-state index contributed by atoms with van der Waals surface area (Å²) in [5.74, 6) is 0.244. The van der Waals surface area contributed by atoms with Crippen LogP contribution in [0.25, 0.3) is 0 Å². The van der Waals surface area contributed by atoms with Crippen LogP contribution < -0.4 is 4.90 Å². The van der Waals surface area contributed by atoms with Crippen molar-refractivity contribution in [2.24, 2.45) is 0 Å². The lowest BCUT2D eigenvalue weighted by atomic mass is 10.2. The molecule has 0 radical (unpaired) electrons. The van der Waals surface area contributed by atoms with Crippen molar-refractivity contribution in [3.8, 4) is 0 Å². The molecule has 3 nitrogen and oxygen atoms in total. The fourth-order valence-electron chi connectivity index (χ4n) is 2.52. The van der Waals surface area contributed by atoms with E-state index in [9.17, 15) is 4.79 Å². The lowest BCUT2D eigenvalue weighted by Crippen LogP contribution is -2.47. The number of rotatable bonds is 4. The van der Waals surface area contributed by atoms with Crippen molar-refractivity contribution in [1.29, 1.82) is 0 Å². The van der Waals surface area contributed by atoms with Gasteiger partial charge in [-0.1, -0.05) is 24.3 Å². The van der Waals surface area contributed by atoms with Crippen molar-refractivity contribution in [2.75, 3.05) is 37.6 Å². The van der Waals surface area contributed by atoms with Crippen molar-refractivity contribution in [3.63, 3.8) is 0 Å². The number of ketones is 1. The van der Waals surface area contributed by atoms with E-state index in [2.05, 4.69) is 34.1 Å². The molecule has 1 fully saturated rings. The highest BCUT2D eigenvalue weighted by molar-refractivity contribution is 7.12. The third-order valence-corrected chi connectivity index (χ3v) is 4.57. The van der Waals surface area contributed by atoms with E-state index in [1.807, 2.05) is 23.6 Å². The van der Waals surface area contributed by atoms with Gasteiger partial charge in [0.1, 0.15) is 0 Å². The third kappa shape index (κ3) is 3.08. The molecule has 0 spiro atoms. The van der Waals surface area contributed by atoms with Crippen LogP contribution in [0.2, 0.25) is 0 Å². The number of benzene rings is 1. The first kappa shape index (κ1) is 13.3. The first-order chi connectivity index (χ1) is 9.83. The van der Waals surface area contributed by atoms with E-state index >= 15 is 0 Å². The molecule has 0 amide bonds. The van der Waals surface area contributed by atoms with Gasteiger partial charge in [-0.3, -0.25) is 9.69 Å². The molecule has 3 rings (SSSR count). The standard InChI is InChI=1S/C16H18N2OS/c19-15(16-7-4-12-20-16)13-17-8-10-18(11-9-17)14-5-2-1-3-6-14/h1-7,12H,8-11,13H2. The molecule has 104 valence electrons. The number of carbonyl (C=O) groups is 1. The summed E-state index contributed by atoms with van der Waals surface area (Å²) in [4.78, 5) is 17.6. The van der Waals surface area contributed by atoms with Crippen molar-refractivity contribution < 1.29 is 4.79 Å². The maximum atomic E-state index is 12.1. The lowest BCUT2D eigenvalue weighted by molar-refractivity contribution is 0.0930. The van der Waals surface area contributed by atoms with Crippen LogP contribution in [0.3, 0.4) is 0 Å². The summed E-state index contributed by atoms with van der Waals surface area (Å²) in [6.07, 6.45) is 0. The molecular weight excluding hydrogens is 268 g/mol. The topological polar surface area (TPSA) is 23.6 Å². The van der Waals surface area contributed by atoms with Gasteiger partial charge in [0.25, 0.3) is 0 Å². The molecule has 0 bridgehead atoms. The van der Waals surface area contributed by atoms with E-state index in [1.54, 1.807) is 0 Å². The molecule has 1 aromatic heterocycles. The molecular formula is C16H18N2OS. The fraction of sp³-hybridized carbons (Fsp3) is 0.312. The number of hydrogen-bond donors (Lipinski definition) is 0. The van der Waals surface area contributed by atoms with Gasteiger partial charge in [0.2, 0.25) is 0 Å². The summed E-state index contributed by atoms with van der Waals surface area (Å²) in [6, 6.07) is 14.3. The SMILES string of the molecule is O=C(CN1CCN(c2ccccc2)CC1)c1cccs1. The third-order valence-electron chi connectivity index (χ3n) is 3.66. The van der Waals surface area contributed by atoms with Gasteiger partial charge in [0, 0.05) is 31.9 Å². The molecule has 1 saturated heterocycles. The minimum absolute atomic E-state index is 0.244. The molecule has 1 aliphatic heterocycles. The van der Waals surface area contributed by atoms with Crippen LogP contribution in [0.15, 0.2) is 47.8 Å². The van der Waals surface area contributed by atoms with Crippen LogP contribution in [0, 0.1) is 0 Å². The molecule has 2 aromatic rings. The first-order valence-corrected chi connectivity index (χ1v) is 7.80. The summed E-state index contributed by atoms with van der Waals surface area (Å²) >= 11 is 1.53. The smallest absolute Gasteiger partial charge is 0.186 e. The van der Waals surface area contributed by atoms with Gasteiger partial charge >= 0.3 is 0 Å². The summed E-state index contributed by atoms with van der Waals surface area (Å²) in [6.45, 7) is 4.42. The highest BCUT2D eigenvalue weighted by atomic mass is 32.1. The summed E-state index contributed by atoms with van der Waals surface area (Å²) in [5.41, 5.74) is 1.27. The van der Waals surface area contributed by atoms with Crippen molar-refractivity contribution in [2.45, 2.75) is 0 Å². The minimum Gasteiger partial charge on any atom is -0.369 e. The van der Waals surface area contributed by atoms with Gasteiger partial charge < -0.3 is 4.90 Å². The minimum atomic E-state index is 0.244. The Balaban J connectivity index is 1.53. The largest absolute Gasteiger partial charge is 0.369 e. The molecule has 2 heterocycles. The number of nitrogens with zero attached hydrogens (tertiary/aromatic N) is 2. The molecule has 0 saturated carbocycles. The molecule has 20 heavy (non-hydrogen) atoms.